The number of phenols is 1. The minimum Gasteiger partial charge on any atom is -0.508 e. The molecule has 0 bridgehead atoms. The van der Waals surface area contributed by atoms with Crippen molar-refractivity contribution in [3.05, 3.63) is 54.5 Å². The Morgan fingerprint density at radius 3 is 2.65 bits per heavy atom. The lowest BCUT2D eigenvalue weighted by Gasteiger charge is -2.36. The summed E-state index contributed by atoms with van der Waals surface area (Å²) in [7, 11) is 1.55. The largest absolute Gasteiger partial charge is 0.508 e. The highest BCUT2D eigenvalue weighted by atomic mass is 32.1. The molecule has 0 atom stereocenters. The third-order valence-electron chi connectivity index (χ3n) is 6.58. The summed E-state index contributed by atoms with van der Waals surface area (Å²) in [5.41, 5.74) is 3.15. The second-order valence-corrected chi connectivity index (χ2v) is 10.7. The van der Waals surface area contributed by atoms with Gasteiger partial charge in [-0.3, -0.25) is 4.90 Å². The zero-order chi connectivity index (χ0) is 28.1. The maximum Gasteiger partial charge on any atom is 0.227 e. The zero-order valence-corrected chi connectivity index (χ0v) is 24.1. The van der Waals surface area contributed by atoms with E-state index in [9.17, 15) is 5.11 Å². The normalized spacial score (nSPS) is 13.8. The van der Waals surface area contributed by atoms with E-state index in [0.717, 1.165) is 48.5 Å². The van der Waals surface area contributed by atoms with Crippen LogP contribution in [0.1, 0.15) is 6.92 Å². The van der Waals surface area contributed by atoms with E-state index >= 15 is 4.39 Å². The van der Waals surface area contributed by atoms with Crippen molar-refractivity contribution >= 4 is 46.4 Å². The van der Waals surface area contributed by atoms with Gasteiger partial charge in [0.25, 0.3) is 0 Å². The van der Waals surface area contributed by atoms with Gasteiger partial charge in [0.05, 0.1) is 29.1 Å². The molecule has 1 aliphatic rings. The third-order valence-corrected chi connectivity index (χ3v) is 7.81. The van der Waals surface area contributed by atoms with Crippen molar-refractivity contribution in [2.45, 2.75) is 6.92 Å². The summed E-state index contributed by atoms with van der Waals surface area (Å²) < 4.78 is 20.5. The Morgan fingerprint density at radius 2 is 1.93 bits per heavy atom. The Balaban J connectivity index is 1.38. The number of aromatic hydroxyl groups is 1. The van der Waals surface area contributed by atoms with Gasteiger partial charge in [-0.2, -0.15) is 12.6 Å². The van der Waals surface area contributed by atoms with E-state index < -0.39 is 0 Å². The lowest BCUT2D eigenvalue weighted by molar-refractivity contribution is 0.273. The number of nitrogens with one attached hydrogen (secondary N) is 2. The first-order valence-electron chi connectivity index (χ1n) is 13.1. The average molecular weight is 582 g/mol. The summed E-state index contributed by atoms with van der Waals surface area (Å²) in [5.74, 6) is 1.47. The van der Waals surface area contributed by atoms with Gasteiger partial charge in [-0.15, -0.1) is 0 Å². The van der Waals surface area contributed by atoms with Gasteiger partial charge >= 0.3 is 0 Å². The smallest absolute Gasteiger partial charge is 0.227 e. The van der Waals surface area contributed by atoms with Gasteiger partial charge in [0.2, 0.25) is 5.95 Å². The number of nitrogens with zero attached hydrogens (tertiary/aromatic N) is 5. The van der Waals surface area contributed by atoms with Gasteiger partial charge in [-0.05, 0) is 43.3 Å². The number of benzene rings is 2. The molecule has 4 aromatic rings. The minimum atomic E-state index is -0.290. The van der Waals surface area contributed by atoms with Crippen LogP contribution in [-0.4, -0.2) is 77.1 Å². The first-order valence-corrected chi connectivity index (χ1v) is 14.5. The molecule has 2 aromatic carbocycles. The number of rotatable bonds is 10. The highest BCUT2D eigenvalue weighted by Gasteiger charge is 2.20. The Hall–Kier alpha value is -3.61. The molecule has 9 nitrogen and oxygen atoms in total. The summed E-state index contributed by atoms with van der Waals surface area (Å²) in [4.78, 5) is 19.0. The topological polar surface area (TPSA) is 98.7 Å². The van der Waals surface area contributed by atoms with Crippen LogP contribution in [0.4, 0.5) is 26.8 Å². The monoisotopic (exact) mass is 581 g/mol. The van der Waals surface area contributed by atoms with Gasteiger partial charge in [0, 0.05) is 68.5 Å². The molecule has 40 heavy (non-hydrogen) atoms. The first kappa shape index (κ1) is 27.9. The Labute approximate surface area is 242 Å². The van der Waals surface area contributed by atoms with Gasteiger partial charge in [-0.1, -0.05) is 11.3 Å². The van der Waals surface area contributed by atoms with Crippen LogP contribution in [0.25, 0.3) is 21.8 Å². The number of piperazine rings is 1. The summed E-state index contributed by atoms with van der Waals surface area (Å²) in [6.45, 7) is 7.00. The molecule has 2 aromatic heterocycles. The number of halogens is 1. The highest BCUT2D eigenvalue weighted by molar-refractivity contribution is 7.80. The summed E-state index contributed by atoms with van der Waals surface area (Å²) in [6, 6.07) is 11.9. The van der Waals surface area contributed by atoms with Crippen molar-refractivity contribution in [3.8, 4) is 33.3 Å². The van der Waals surface area contributed by atoms with Gasteiger partial charge in [0.15, 0.2) is 5.13 Å². The van der Waals surface area contributed by atoms with Crippen LogP contribution in [0.3, 0.4) is 0 Å². The molecule has 1 saturated heterocycles. The van der Waals surface area contributed by atoms with E-state index in [1.807, 2.05) is 19.1 Å². The highest BCUT2D eigenvalue weighted by Crippen LogP contribution is 2.40. The Morgan fingerprint density at radius 1 is 1.10 bits per heavy atom. The van der Waals surface area contributed by atoms with Crippen molar-refractivity contribution in [1.82, 2.24) is 19.9 Å². The Bertz CT molecular complexity index is 1460. The molecular weight excluding hydrogens is 549 g/mol. The molecule has 5 rings (SSSR count). The van der Waals surface area contributed by atoms with Gasteiger partial charge in [-0.25, -0.2) is 19.3 Å². The summed E-state index contributed by atoms with van der Waals surface area (Å²) in [6.07, 6.45) is 1.65. The number of hydrogen-bond acceptors (Lipinski definition) is 11. The number of thiol groups is 1. The molecule has 0 radical (unpaired) electrons. The van der Waals surface area contributed by atoms with Crippen molar-refractivity contribution in [2.75, 3.05) is 67.7 Å². The molecule has 12 heteroatoms. The predicted octanol–water partition coefficient (Wildman–Crippen LogP) is 5.35. The SMILES string of the molecule is CCNc1nc(-c2cc(O)cc(OC)c2)c(-c2ccnc(Nc3ccc(N4CCN(CCS)CC4)c(F)c3)n2)s1. The fourth-order valence-corrected chi connectivity index (χ4v) is 5.93. The maximum atomic E-state index is 15.1. The van der Waals surface area contributed by atoms with Crippen LogP contribution in [0.2, 0.25) is 0 Å². The number of anilines is 4. The van der Waals surface area contributed by atoms with Crippen LogP contribution >= 0.6 is 24.0 Å². The second kappa shape index (κ2) is 12.7. The van der Waals surface area contributed by atoms with Crippen molar-refractivity contribution in [1.29, 1.82) is 0 Å². The number of methoxy groups -OCH3 is 1. The molecule has 0 amide bonds. The van der Waals surface area contributed by atoms with Crippen LogP contribution in [0.5, 0.6) is 11.5 Å². The molecule has 210 valence electrons. The lowest BCUT2D eigenvalue weighted by atomic mass is 10.1. The van der Waals surface area contributed by atoms with E-state index in [1.165, 1.54) is 17.4 Å². The van der Waals surface area contributed by atoms with E-state index in [0.29, 0.717) is 46.6 Å². The quantitative estimate of drug-likeness (QED) is 0.185. The van der Waals surface area contributed by atoms with E-state index in [-0.39, 0.29) is 11.6 Å². The van der Waals surface area contributed by atoms with Crippen LogP contribution in [-0.2, 0) is 0 Å². The molecule has 0 unspecified atom stereocenters. The maximum absolute atomic E-state index is 15.1. The van der Waals surface area contributed by atoms with E-state index in [2.05, 4.69) is 38.0 Å². The molecule has 0 aliphatic carbocycles. The molecule has 3 heterocycles. The molecule has 1 aliphatic heterocycles. The molecular formula is C28H32FN7O2S2. The van der Waals surface area contributed by atoms with Crippen molar-refractivity contribution in [3.63, 3.8) is 0 Å². The zero-order valence-electron chi connectivity index (χ0n) is 22.4. The van der Waals surface area contributed by atoms with E-state index in [1.54, 1.807) is 37.6 Å². The number of aromatic nitrogens is 3. The van der Waals surface area contributed by atoms with Crippen LogP contribution < -0.4 is 20.3 Å². The number of thiazole rings is 1. The lowest BCUT2D eigenvalue weighted by Crippen LogP contribution is -2.47. The summed E-state index contributed by atoms with van der Waals surface area (Å²) in [5, 5.41) is 17.4. The fourth-order valence-electron chi connectivity index (χ4n) is 4.62. The van der Waals surface area contributed by atoms with Crippen molar-refractivity contribution < 1.29 is 14.2 Å². The number of phenolic OH excluding ortho intramolecular Hbond substituents is 1. The number of hydrogen-bond donors (Lipinski definition) is 4. The van der Waals surface area contributed by atoms with Gasteiger partial charge < -0.3 is 25.4 Å². The fraction of sp³-hybridized carbons (Fsp3) is 0.321. The predicted molar refractivity (Wildman–Crippen MR) is 163 cm³/mol. The standard InChI is InChI=1S/C28H32FN7O2S2/c1-3-30-28-34-25(18-14-20(37)17-21(15-18)38-2)26(40-28)23-6-7-31-27(33-23)32-19-4-5-24(22(29)16-19)36-10-8-35(9-11-36)12-13-39/h4-7,14-17,37,39H,3,8-13H2,1-2H3,(H,30,34)(H,31,32,33). The van der Waals surface area contributed by atoms with Crippen LogP contribution in [0, 0.1) is 5.82 Å². The average Bonchev–Trinajstić information content (AvgIpc) is 3.38. The minimum absolute atomic E-state index is 0.0772. The first-order chi connectivity index (χ1) is 19.5. The third kappa shape index (κ3) is 6.40. The molecule has 1 fully saturated rings. The van der Waals surface area contributed by atoms with Crippen LogP contribution in [0.15, 0.2) is 48.7 Å². The molecule has 0 saturated carbocycles. The molecule has 0 spiro atoms. The van der Waals surface area contributed by atoms with Gasteiger partial charge in [0.1, 0.15) is 17.3 Å². The van der Waals surface area contributed by atoms with Crippen molar-refractivity contribution in [2.24, 2.45) is 0 Å². The number of ether oxygens (including phenoxy) is 1. The summed E-state index contributed by atoms with van der Waals surface area (Å²) >= 11 is 5.76. The van der Waals surface area contributed by atoms with E-state index in [4.69, 9.17) is 14.7 Å². The second-order valence-electron chi connectivity index (χ2n) is 9.26. The molecule has 3 N–H and O–H groups in total. The Kier molecular flexibility index (Phi) is 8.88.